The minimum Gasteiger partial charge on any atom is -0.372 e. The number of hydrogen-bond acceptors (Lipinski definition) is 3. The number of nitrogens with one attached hydrogen (secondary N) is 1. The SMILES string of the molecule is [B]P(C)NC(=O)C1=CC[C@](C)(CO[C@H](C)c2cc(C(F)(F)F)cc(C(F)(F)F)c2)N(C)C1. The van der Waals surface area contributed by atoms with Crippen molar-refractivity contribution in [2.24, 2.45) is 0 Å². The van der Waals surface area contributed by atoms with E-state index in [1.807, 2.05) is 11.8 Å². The molecule has 1 unspecified atom stereocenters. The number of likely N-dealkylation sites (N-methyl/N-ethyl adjacent to an activating group) is 1. The molecule has 1 N–H and O–H groups in total. The predicted molar refractivity (Wildman–Crippen MR) is 111 cm³/mol. The van der Waals surface area contributed by atoms with E-state index in [4.69, 9.17) is 12.3 Å². The van der Waals surface area contributed by atoms with Crippen LogP contribution in [0.15, 0.2) is 29.8 Å². The minimum atomic E-state index is -4.92. The van der Waals surface area contributed by atoms with Gasteiger partial charge in [0.2, 0.25) is 0 Å². The fourth-order valence-corrected chi connectivity index (χ4v) is 3.65. The van der Waals surface area contributed by atoms with Gasteiger partial charge in [0.25, 0.3) is 5.91 Å². The first-order chi connectivity index (χ1) is 14.5. The number of benzene rings is 1. The van der Waals surface area contributed by atoms with Crippen molar-refractivity contribution in [2.45, 2.75) is 44.3 Å². The zero-order chi connectivity index (χ0) is 24.5. The molecule has 1 heterocycles. The molecule has 1 aromatic carbocycles. The van der Waals surface area contributed by atoms with Gasteiger partial charge in [0.1, 0.15) is 7.57 Å². The maximum absolute atomic E-state index is 13.1. The number of carbonyl (C=O) groups excluding carboxylic acids is 1. The molecule has 0 saturated carbocycles. The van der Waals surface area contributed by atoms with Crippen molar-refractivity contribution in [2.75, 3.05) is 26.9 Å². The van der Waals surface area contributed by atoms with Gasteiger partial charge in [-0.2, -0.15) is 26.3 Å². The van der Waals surface area contributed by atoms with Gasteiger partial charge in [0, 0.05) is 17.7 Å². The highest BCUT2D eigenvalue weighted by Crippen LogP contribution is 2.38. The van der Waals surface area contributed by atoms with Crippen molar-refractivity contribution in [3.05, 3.63) is 46.5 Å². The average Bonchev–Trinajstić information content (AvgIpc) is 2.66. The quantitative estimate of drug-likeness (QED) is 0.352. The molecule has 0 fully saturated rings. The first-order valence-electron chi connectivity index (χ1n) is 9.63. The summed E-state index contributed by atoms with van der Waals surface area (Å²) in [7, 11) is 6.28. The minimum absolute atomic E-state index is 0.0328. The summed E-state index contributed by atoms with van der Waals surface area (Å²) in [6.07, 6.45) is -8.71. The van der Waals surface area contributed by atoms with Crippen molar-refractivity contribution in [1.82, 2.24) is 9.99 Å². The van der Waals surface area contributed by atoms with Crippen molar-refractivity contribution in [3.8, 4) is 0 Å². The molecule has 0 aliphatic carbocycles. The Bertz CT molecular complexity index is 842. The summed E-state index contributed by atoms with van der Waals surface area (Å²) < 4.78 is 84.4. The number of amides is 1. The van der Waals surface area contributed by atoms with E-state index >= 15 is 0 Å². The molecule has 1 aliphatic heterocycles. The first kappa shape index (κ1) is 26.7. The lowest BCUT2D eigenvalue weighted by Gasteiger charge is -2.42. The molecule has 0 saturated heterocycles. The molecule has 1 aromatic rings. The molecule has 4 nitrogen and oxygen atoms in total. The number of nitrogens with zero attached hydrogens (tertiary/aromatic N) is 1. The first-order valence-corrected chi connectivity index (χ1v) is 11.5. The molecule has 32 heavy (non-hydrogen) atoms. The molecule has 12 heteroatoms. The Kier molecular flexibility index (Phi) is 8.11. The summed E-state index contributed by atoms with van der Waals surface area (Å²) in [5.74, 6) is -0.270. The summed E-state index contributed by atoms with van der Waals surface area (Å²) in [6, 6.07) is 1.43. The molecule has 3 atom stereocenters. The summed E-state index contributed by atoms with van der Waals surface area (Å²) in [5.41, 5.74) is -3.05. The Hall–Kier alpha value is -1.58. The van der Waals surface area contributed by atoms with E-state index in [1.54, 1.807) is 19.8 Å². The average molecular weight is 480 g/mol. The second-order valence-electron chi connectivity index (χ2n) is 8.13. The summed E-state index contributed by atoms with van der Waals surface area (Å²) in [6.45, 7) is 5.27. The van der Waals surface area contributed by atoms with Gasteiger partial charge in [-0.05, 0) is 57.7 Å². The van der Waals surface area contributed by atoms with Crippen LogP contribution in [0.5, 0.6) is 0 Å². The molecule has 1 amide bonds. The van der Waals surface area contributed by atoms with Crippen LogP contribution >= 0.6 is 7.95 Å². The van der Waals surface area contributed by atoms with Gasteiger partial charge in [-0.1, -0.05) is 14.0 Å². The number of halogens is 6. The molecular formula is C20H24BF6N2O2P. The van der Waals surface area contributed by atoms with Gasteiger partial charge >= 0.3 is 12.4 Å². The van der Waals surface area contributed by atoms with Crippen LogP contribution in [0.1, 0.15) is 43.1 Å². The van der Waals surface area contributed by atoms with E-state index in [0.717, 1.165) is 0 Å². The lowest BCUT2D eigenvalue weighted by molar-refractivity contribution is -0.143. The van der Waals surface area contributed by atoms with Gasteiger partial charge in [0.05, 0.1) is 23.8 Å². The fourth-order valence-electron chi connectivity index (χ4n) is 3.19. The van der Waals surface area contributed by atoms with Crippen molar-refractivity contribution >= 4 is 21.4 Å². The maximum atomic E-state index is 13.1. The number of carbonyl (C=O) groups is 1. The summed E-state index contributed by atoms with van der Waals surface area (Å²) in [5, 5.41) is 2.66. The van der Waals surface area contributed by atoms with E-state index in [2.05, 4.69) is 5.09 Å². The molecule has 0 bridgehead atoms. The molecule has 2 rings (SSSR count). The second-order valence-corrected chi connectivity index (χ2v) is 9.58. The summed E-state index contributed by atoms with van der Waals surface area (Å²) >= 11 is 0. The van der Waals surface area contributed by atoms with Crippen LogP contribution in [0.3, 0.4) is 0 Å². The number of hydrogen-bond donors (Lipinski definition) is 1. The zero-order valence-electron chi connectivity index (χ0n) is 18.1. The highest BCUT2D eigenvalue weighted by atomic mass is 31.1. The van der Waals surface area contributed by atoms with Crippen molar-refractivity contribution in [3.63, 3.8) is 0 Å². The van der Waals surface area contributed by atoms with Crippen LogP contribution in [0, 0.1) is 0 Å². The fraction of sp³-hybridized carbons (Fsp3) is 0.550. The number of alkyl halides is 6. The Labute approximate surface area is 185 Å². The van der Waals surface area contributed by atoms with Gasteiger partial charge in [-0.25, -0.2) is 0 Å². The van der Waals surface area contributed by atoms with Crippen LogP contribution in [0.4, 0.5) is 26.3 Å². The topological polar surface area (TPSA) is 41.6 Å². The van der Waals surface area contributed by atoms with E-state index in [9.17, 15) is 31.1 Å². The third-order valence-electron chi connectivity index (χ3n) is 5.41. The monoisotopic (exact) mass is 480 g/mol. The van der Waals surface area contributed by atoms with Gasteiger partial charge < -0.3 is 9.82 Å². The molecular weight excluding hydrogens is 456 g/mol. The van der Waals surface area contributed by atoms with Gasteiger partial charge in [-0.15, -0.1) is 0 Å². The lowest BCUT2D eigenvalue weighted by atomic mass is 9.90. The molecule has 2 radical (unpaired) electrons. The second kappa shape index (κ2) is 9.73. The number of ether oxygens (including phenoxy) is 1. The summed E-state index contributed by atoms with van der Waals surface area (Å²) in [4.78, 5) is 14.0. The number of rotatable bonds is 6. The largest absolute Gasteiger partial charge is 0.416 e. The maximum Gasteiger partial charge on any atom is 0.416 e. The van der Waals surface area contributed by atoms with Crippen LogP contribution in [-0.4, -0.2) is 50.8 Å². The molecule has 1 aliphatic rings. The Balaban J connectivity index is 2.17. The highest BCUT2D eigenvalue weighted by molar-refractivity contribution is 7.80. The lowest BCUT2D eigenvalue weighted by Crippen LogP contribution is -2.51. The van der Waals surface area contributed by atoms with E-state index in [0.29, 0.717) is 30.7 Å². The molecule has 0 aromatic heterocycles. The standard InChI is InChI=1S/C20H24BF6N2O2P/c1-12(14-7-15(19(22,23)24)9-16(8-14)20(25,26)27)31-11-18(2)6-5-13(10-29(18)3)17(30)28-32(4)21/h5,7-9,12H,6,10-11H2,1-4H3,(H,28,30)/t12-,18-,32?/m1/s1. The van der Waals surface area contributed by atoms with Crippen LogP contribution < -0.4 is 5.09 Å². The molecule has 176 valence electrons. The van der Waals surface area contributed by atoms with E-state index in [-0.39, 0.29) is 24.1 Å². The van der Waals surface area contributed by atoms with Crippen molar-refractivity contribution < 1.29 is 35.9 Å². The van der Waals surface area contributed by atoms with Crippen molar-refractivity contribution in [1.29, 1.82) is 0 Å². The smallest absolute Gasteiger partial charge is 0.372 e. The predicted octanol–water partition coefficient (Wildman–Crippen LogP) is 5.05. The van der Waals surface area contributed by atoms with E-state index < -0.39 is 43.1 Å². The Morgan fingerprint density at radius 3 is 2.19 bits per heavy atom. The van der Waals surface area contributed by atoms with Crippen LogP contribution in [0.25, 0.3) is 0 Å². The third kappa shape index (κ3) is 6.72. The van der Waals surface area contributed by atoms with Gasteiger partial charge in [-0.3, -0.25) is 9.69 Å². The van der Waals surface area contributed by atoms with E-state index in [1.165, 1.54) is 6.92 Å². The molecule has 0 spiro atoms. The van der Waals surface area contributed by atoms with Crippen LogP contribution in [-0.2, 0) is 21.9 Å². The zero-order valence-corrected chi connectivity index (χ0v) is 19.0. The highest BCUT2D eigenvalue weighted by Gasteiger charge is 2.38. The van der Waals surface area contributed by atoms with Gasteiger partial charge in [0.15, 0.2) is 0 Å². The van der Waals surface area contributed by atoms with Crippen LogP contribution in [0.2, 0.25) is 0 Å². The Morgan fingerprint density at radius 1 is 1.22 bits per heavy atom. The Morgan fingerprint density at radius 2 is 1.75 bits per heavy atom. The normalized spacial score (nSPS) is 22.2. The third-order valence-corrected chi connectivity index (χ3v) is 5.97.